The molecule has 1 aliphatic heterocycles. The normalized spacial score (nSPS) is 12.3. The van der Waals surface area contributed by atoms with Gasteiger partial charge in [0.15, 0.2) is 0 Å². The van der Waals surface area contributed by atoms with Gasteiger partial charge in [-0.15, -0.1) is 0 Å². The van der Waals surface area contributed by atoms with Crippen LogP contribution in [0, 0.1) is 0 Å². The van der Waals surface area contributed by atoms with Crippen molar-refractivity contribution in [3.8, 4) is 11.3 Å². The van der Waals surface area contributed by atoms with E-state index in [4.69, 9.17) is 9.47 Å². The Balaban J connectivity index is 2.20. The van der Waals surface area contributed by atoms with E-state index in [1.807, 2.05) is 28.8 Å². The fourth-order valence-corrected chi connectivity index (χ4v) is 3.01. The van der Waals surface area contributed by atoms with Crippen molar-refractivity contribution in [3.05, 3.63) is 47.2 Å². The van der Waals surface area contributed by atoms with Gasteiger partial charge in [-0.1, -0.05) is 24.3 Å². The zero-order valence-electron chi connectivity index (χ0n) is 13.3. The molecular weight excluding hydrogens is 294 g/mol. The molecule has 1 aromatic heterocycles. The Kier molecular flexibility index (Phi) is 4.19. The lowest BCUT2D eigenvalue weighted by Gasteiger charge is -2.20. The third-order valence-electron chi connectivity index (χ3n) is 3.95. The van der Waals surface area contributed by atoms with Gasteiger partial charge in [-0.2, -0.15) is 0 Å². The van der Waals surface area contributed by atoms with E-state index in [-0.39, 0.29) is 18.8 Å². The highest BCUT2D eigenvalue weighted by Crippen LogP contribution is 2.35. The molecule has 1 aromatic carbocycles. The quantitative estimate of drug-likeness (QED) is 0.814. The molecule has 1 aliphatic rings. The largest absolute Gasteiger partial charge is 0.462 e. The highest BCUT2D eigenvalue weighted by atomic mass is 16.5. The van der Waals surface area contributed by atoms with Crippen LogP contribution in [0.5, 0.6) is 0 Å². The highest BCUT2D eigenvalue weighted by Gasteiger charge is 2.31. The van der Waals surface area contributed by atoms with Crippen LogP contribution < -0.4 is 0 Å². The van der Waals surface area contributed by atoms with Crippen LogP contribution in [-0.2, 0) is 22.4 Å². The van der Waals surface area contributed by atoms with Crippen LogP contribution >= 0.6 is 0 Å². The third-order valence-corrected chi connectivity index (χ3v) is 3.95. The minimum atomic E-state index is -0.491. The van der Waals surface area contributed by atoms with E-state index in [2.05, 4.69) is 0 Å². The monoisotopic (exact) mass is 313 g/mol. The van der Waals surface area contributed by atoms with E-state index < -0.39 is 11.9 Å². The lowest BCUT2D eigenvalue weighted by atomic mass is 9.95. The van der Waals surface area contributed by atoms with E-state index in [1.165, 1.54) is 5.56 Å². The van der Waals surface area contributed by atoms with E-state index in [1.54, 1.807) is 20.0 Å². The van der Waals surface area contributed by atoms with E-state index >= 15 is 0 Å². The van der Waals surface area contributed by atoms with E-state index in [0.29, 0.717) is 5.56 Å². The van der Waals surface area contributed by atoms with Crippen LogP contribution in [-0.4, -0.2) is 29.7 Å². The molecular formula is C18H19NO4. The second kappa shape index (κ2) is 6.28. The number of benzene rings is 1. The van der Waals surface area contributed by atoms with Crippen molar-refractivity contribution >= 4 is 11.9 Å². The predicted molar refractivity (Wildman–Crippen MR) is 85.5 cm³/mol. The number of carbonyl (C=O) groups excluding carboxylic acids is 2. The summed E-state index contributed by atoms with van der Waals surface area (Å²) in [5.74, 6) is -0.976. The Hall–Kier alpha value is -2.56. The lowest BCUT2D eigenvalue weighted by Crippen LogP contribution is -2.15. The van der Waals surface area contributed by atoms with Gasteiger partial charge < -0.3 is 14.0 Å². The molecule has 0 aliphatic carbocycles. The Morgan fingerprint density at radius 2 is 1.78 bits per heavy atom. The van der Waals surface area contributed by atoms with Gasteiger partial charge in [0.25, 0.3) is 0 Å². The Morgan fingerprint density at radius 3 is 2.52 bits per heavy atom. The molecule has 0 atom stereocenters. The summed E-state index contributed by atoms with van der Waals surface area (Å²) in [5, 5.41) is 0. The molecule has 0 bridgehead atoms. The first-order valence-electron chi connectivity index (χ1n) is 7.83. The first-order valence-corrected chi connectivity index (χ1v) is 7.83. The number of nitrogens with zero attached hydrogens (tertiary/aromatic N) is 1. The molecule has 0 spiro atoms. The van der Waals surface area contributed by atoms with Gasteiger partial charge in [0.1, 0.15) is 0 Å². The van der Waals surface area contributed by atoms with Gasteiger partial charge in [0, 0.05) is 18.3 Å². The summed E-state index contributed by atoms with van der Waals surface area (Å²) >= 11 is 0. The maximum absolute atomic E-state index is 12.5. The molecule has 0 N–H and O–H groups in total. The van der Waals surface area contributed by atoms with Crippen LogP contribution in [0.1, 0.15) is 40.1 Å². The fraction of sp³-hybridized carbons (Fsp3) is 0.333. The van der Waals surface area contributed by atoms with Crippen LogP contribution in [0.15, 0.2) is 30.5 Å². The number of fused-ring (bicyclic) bond motifs is 3. The average Bonchev–Trinajstić information content (AvgIpc) is 2.95. The molecule has 3 rings (SSSR count). The topological polar surface area (TPSA) is 57.5 Å². The van der Waals surface area contributed by atoms with Crippen molar-refractivity contribution in [1.29, 1.82) is 0 Å². The highest BCUT2D eigenvalue weighted by molar-refractivity contribution is 6.08. The minimum absolute atomic E-state index is 0.257. The summed E-state index contributed by atoms with van der Waals surface area (Å²) in [6, 6.07) is 7.93. The number of hydrogen-bond donors (Lipinski definition) is 0. The molecule has 0 amide bonds. The van der Waals surface area contributed by atoms with Gasteiger partial charge in [0.2, 0.25) is 0 Å². The van der Waals surface area contributed by atoms with Crippen LogP contribution in [0.4, 0.5) is 0 Å². The number of aromatic nitrogens is 1. The summed E-state index contributed by atoms with van der Waals surface area (Å²) in [6.45, 7) is 4.73. The summed E-state index contributed by atoms with van der Waals surface area (Å²) in [4.78, 5) is 24.7. The molecule has 0 radical (unpaired) electrons. The first kappa shape index (κ1) is 15.3. The standard InChI is InChI=1S/C18H19NO4/c1-3-22-17(20)14-11-19-10-9-12-7-5-6-8-13(12)16(19)15(14)18(21)23-4-2/h5-8,11H,3-4,9-10H2,1-2H3. The van der Waals surface area contributed by atoms with Crippen molar-refractivity contribution in [3.63, 3.8) is 0 Å². The van der Waals surface area contributed by atoms with Gasteiger partial charge in [-0.25, -0.2) is 9.59 Å². The summed E-state index contributed by atoms with van der Waals surface area (Å²) in [7, 11) is 0. The minimum Gasteiger partial charge on any atom is -0.462 e. The van der Waals surface area contributed by atoms with Crippen molar-refractivity contribution < 1.29 is 19.1 Å². The molecule has 2 heterocycles. The number of carbonyl (C=O) groups is 2. The zero-order valence-corrected chi connectivity index (χ0v) is 13.3. The molecule has 0 unspecified atom stereocenters. The van der Waals surface area contributed by atoms with Crippen molar-refractivity contribution in [1.82, 2.24) is 4.57 Å². The van der Waals surface area contributed by atoms with Gasteiger partial charge in [0.05, 0.1) is 30.0 Å². The maximum atomic E-state index is 12.5. The molecule has 120 valence electrons. The molecule has 0 saturated carbocycles. The number of rotatable bonds is 4. The van der Waals surface area contributed by atoms with E-state index in [9.17, 15) is 9.59 Å². The molecule has 0 fully saturated rings. The van der Waals surface area contributed by atoms with Gasteiger partial charge in [-0.05, 0) is 25.8 Å². The summed E-state index contributed by atoms with van der Waals surface area (Å²) < 4.78 is 12.2. The predicted octanol–water partition coefficient (Wildman–Crippen LogP) is 3.06. The maximum Gasteiger partial charge on any atom is 0.341 e. The van der Waals surface area contributed by atoms with Gasteiger partial charge in [-0.3, -0.25) is 0 Å². The molecule has 5 nitrogen and oxygen atoms in total. The molecule has 0 saturated heterocycles. The summed E-state index contributed by atoms with van der Waals surface area (Å²) in [6.07, 6.45) is 2.57. The fourth-order valence-electron chi connectivity index (χ4n) is 3.01. The number of hydrogen-bond acceptors (Lipinski definition) is 4. The Morgan fingerprint density at radius 1 is 1.09 bits per heavy atom. The summed E-state index contributed by atoms with van der Waals surface area (Å²) in [5.41, 5.74) is 3.46. The second-order valence-corrected chi connectivity index (χ2v) is 5.31. The lowest BCUT2D eigenvalue weighted by molar-refractivity contribution is 0.0481. The van der Waals surface area contributed by atoms with Crippen LogP contribution in [0.2, 0.25) is 0 Å². The Bertz CT molecular complexity index is 760. The second-order valence-electron chi connectivity index (χ2n) is 5.31. The number of esters is 2. The number of aryl methyl sites for hydroxylation is 2. The third kappa shape index (κ3) is 2.63. The number of ether oxygens (including phenoxy) is 2. The smallest absolute Gasteiger partial charge is 0.341 e. The van der Waals surface area contributed by atoms with Crippen LogP contribution in [0.25, 0.3) is 11.3 Å². The van der Waals surface area contributed by atoms with Crippen molar-refractivity contribution in [2.75, 3.05) is 13.2 Å². The van der Waals surface area contributed by atoms with Crippen molar-refractivity contribution in [2.45, 2.75) is 26.8 Å². The molecule has 23 heavy (non-hydrogen) atoms. The van der Waals surface area contributed by atoms with Crippen molar-refractivity contribution in [2.24, 2.45) is 0 Å². The SMILES string of the molecule is CCOC(=O)c1cn2c(c1C(=O)OCC)-c1ccccc1CC2. The van der Waals surface area contributed by atoms with E-state index in [0.717, 1.165) is 24.2 Å². The average molecular weight is 313 g/mol. The zero-order chi connectivity index (χ0) is 16.4. The van der Waals surface area contributed by atoms with Crippen LogP contribution in [0.3, 0.4) is 0 Å². The molecule has 2 aromatic rings. The molecule has 5 heteroatoms. The Labute approximate surface area is 134 Å². The van der Waals surface area contributed by atoms with Gasteiger partial charge >= 0.3 is 11.9 Å². The first-order chi connectivity index (χ1) is 11.2.